The number of thiazole rings is 1. The molecule has 9 heteroatoms. The summed E-state index contributed by atoms with van der Waals surface area (Å²) in [6.07, 6.45) is 1.70. The number of ether oxygens (including phenoxy) is 1. The fourth-order valence-corrected chi connectivity index (χ4v) is 3.76. The quantitative estimate of drug-likeness (QED) is 0.583. The van der Waals surface area contributed by atoms with Gasteiger partial charge in [0.1, 0.15) is 12.4 Å². The normalized spacial score (nSPS) is 11.5. The van der Waals surface area contributed by atoms with E-state index in [2.05, 4.69) is 10.3 Å². The summed E-state index contributed by atoms with van der Waals surface area (Å²) in [7, 11) is 0. The number of fused-ring (bicyclic) bond motifs is 1. The Balaban J connectivity index is 1.46. The molecule has 0 radical (unpaired) electrons. The van der Waals surface area contributed by atoms with E-state index in [1.807, 2.05) is 5.38 Å². The molecule has 28 heavy (non-hydrogen) atoms. The predicted octanol–water partition coefficient (Wildman–Crippen LogP) is 2.78. The van der Waals surface area contributed by atoms with Crippen LogP contribution in [0.3, 0.4) is 0 Å². The highest BCUT2D eigenvalue weighted by Crippen LogP contribution is 2.18. The van der Waals surface area contributed by atoms with E-state index in [0.717, 1.165) is 0 Å². The van der Waals surface area contributed by atoms with E-state index in [1.54, 1.807) is 44.3 Å². The fraction of sp³-hybridized carbons (Fsp3) is 0.316. The number of nitrogens with one attached hydrogen (secondary N) is 1. The maximum absolute atomic E-state index is 12.1. The molecule has 0 saturated heterocycles. The summed E-state index contributed by atoms with van der Waals surface area (Å²) in [6, 6.07) is 8.46. The van der Waals surface area contributed by atoms with Gasteiger partial charge in [-0.15, -0.1) is 23.1 Å². The first-order valence-electron chi connectivity index (χ1n) is 8.59. The van der Waals surface area contributed by atoms with E-state index in [1.165, 1.54) is 33.6 Å². The van der Waals surface area contributed by atoms with Gasteiger partial charge in [-0.05, 0) is 38.1 Å². The molecular formula is C19H21N3O4S2. The van der Waals surface area contributed by atoms with E-state index in [4.69, 9.17) is 4.74 Å². The van der Waals surface area contributed by atoms with Crippen molar-refractivity contribution in [1.29, 1.82) is 0 Å². The number of rotatable bonds is 8. The van der Waals surface area contributed by atoms with Crippen LogP contribution in [0, 0.1) is 0 Å². The van der Waals surface area contributed by atoms with Crippen LogP contribution in [0.15, 0.2) is 46.7 Å². The van der Waals surface area contributed by atoms with Crippen molar-refractivity contribution in [3.8, 4) is 5.75 Å². The number of hydrogen-bond donors (Lipinski definition) is 2. The number of amides is 1. The first kappa shape index (κ1) is 20.4. The van der Waals surface area contributed by atoms with Crippen molar-refractivity contribution in [3.63, 3.8) is 0 Å². The minimum absolute atomic E-state index is 0.113. The zero-order chi connectivity index (χ0) is 20.1. The average molecular weight is 420 g/mol. The minimum Gasteiger partial charge on any atom is -0.491 e. The van der Waals surface area contributed by atoms with Gasteiger partial charge < -0.3 is 15.2 Å². The molecule has 0 aliphatic carbocycles. The van der Waals surface area contributed by atoms with Crippen LogP contribution in [0.1, 0.15) is 19.5 Å². The summed E-state index contributed by atoms with van der Waals surface area (Å²) in [5, 5.41) is 14.3. The number of aromatic nitrogens is 2. The third kappa shape index (κ3) is 5.82. The molecule has 3 aromatic rings. The molecule has 0 fully saturated rings. The lowest BCUT2D eigenvalue weighted by Crippen LogP contribution is -2.27. The molecule has 0 unspecified atom stereocenters. The molecule has 0 aliphatic rings. The summed E-state index contributed by atoms with van der Waals surface area (Å²) < 4.78 is 6.98. The molecule has 2 heterocycles. The van der Waals surface area contributed by atoms with Gasteiger partial charge in [-0.2, -0.15) is 0 Å². The molecule has 2 N–H and O–H groups in total. The van der Waals surface area contributed by atoms with Crippen molar-refractivity contribution in [3.05, 3.63) is 58.0 Å². The van der Waals surface area contributed by atoms with Crippen LogP contribution in [0.2, 0.25) is 0 Å². The van der Waals surface area contributed by atoms with E-state index >= 15 is 0 Å². The number of nitrogens with zero attached hydrogens (tertiary/aromatic N) is 2. The maximum atomic E-state index is 12.1. The first-order chi connectivity index (χ1) is 13.3. The highest BCUT2D eigenvalue weighted by molar-refractivity contribution is 7.99. The summed E-state index contributed by atoms with van der Waals surface area (Å²) in [5.41, 5.74) is 0.313. The molecule has 2 aromatic heterocycles. The Hall–Kier alpha value is -2.36. The van der Waals surface area contributed by atoms with Crippen LogP contribution in [0.4, 0.5) is 5.69 Å². The Morgan fingerprint density at radius 2 is 2.11 bits per heavy atom. The molecule has 1 amide bonds. The van der Waals surface area contributed by atoms with Gasteiger partial charge in [0.05, 0.1) is 17.0 Å². The highest BCUT2D eigenvalue weighted by atomic mass is 32.2. The average Bonchev–Trinajstić information content (AvgIpc) is 3.10. The predicted molar refractivity (Wildman–Crippen MR) is 112 cm³/mol. The van der Waals surface area contributed by atoms with Crippen LogP contribution in [-0.2, 0) is 10.5 Å². The number of aliphatic hydroxyl groups is 1. The van der Waals surface area contributed by atoms with Crippen molar-refractivity contribution in [2.45, 2.75) is 25.2 Å². The van der Waals surface area contributed by atoms with E-state index in [0.29, 0.717) is 27.8 Å². The summed E-state index contributed by atoms with van der Waals surface area (Å²) in [6.45, 7) is 3.53. The van der Waals surface area contributed by atoms with Gasteiger partial charge in [0, 0.05) is 29.1 Å². The Bertz CT molecular complexity index is 1010. The van der Waals surface area contributed by atoms with Gasteiger partial charge >= 0.3 is 0 Å². The highest BCUT2D eigenvalue weighted by Gasteiger charge is 2.13. The van der Waals surface area contributed by atoms with Gasteiger partial charge in [-0.1, -0.05) is 0 Å². The van der Waals surface area contributed by atoms with Crippen molar-refractivity contribution in [2.75, 3.05) is 17.7 Å². The van der Waals surface area contributed by atoms with Crippen LogP contribution in [-0.4, -0.2) is 38.4 Å². The molecule has 0 atom stereocenters. The van der Waals surface area contributed by atoms with Gasteiger partial charge in [0.25, 0.3) is 5.56 Å². The number of carbonyl (C=O) groups is 1. The standard InChI is InChI=1S/C19H21N3O4S2/c1-19(2,25)12-26-15-5-3-13(4-6-15)20-16(23)11-27-10-14-9-17(24)22-7-8-28-18(22)21-14/h3-9,25H,10-12H2,1-2H3,(H,20,23). The number of carbonyl (C=O) groups excluding carboxylic acids is 1. The topological polar surface area (TPSA) is 92.9 Å². The van der Waals surface area contributed by atoms with Crippen molar-refractivity contribution in [2.24, 2.45) is 0 Å². The van der Waals surface area contributed by atoms with Crippen LogP contribution >= 0.6 is 23.1 Å². The third-order valence-electron chi connectivity index (χ3n) is 3.57. The van der Waals surface area contributed by atoms with E-state index < -0.39 is 5.60 Å². The maximum Gasteiger partial charge on any atom is 0.258 e. The largest absolute Gasteiger partial charge is 0.491 e. The molecule has 1 aromatic carbocycles. The number of hydrogen-bond acceptors (Lipinski definition) is 7. The van der Waals surface area contributed by atoms with Crippen molar-refractivity contribution < 1.29 is 14.6 Å². The van der Waals surface area contributed by atoms with Crippen LogP contribution in [0.5, 0.6) is 5.75 Å². The van der Waals surface area contributed by atoms with E-state index in [-0.39, 0.29) is 23.8 Å². The molecule has 3 rings (SSSR count). The Labute approximate surface area is 170 Å². The lowest BCUT2D eigenvalue weighted by molar-refractivity contribution is -0.113. The second-order valence-electron chi connectivity index (χ2n) is 6.81. The molecule has 0 saturated carbocycles. The Kier molecular flexibility index (Phi) is 6.38. The molecule has 148 valence electrons. The SMILES string of the molecule is CC(C)(O)COc1ccc(NC(=O)CSCc2cc(=O)n3ccsc3n2)cc1. The second kappa shape index (κ2) is 8.76. The number of thioether (sulfide) groups is 1. The van der Waals surface area contributed by atoms with Crippen LogP contribution in [0.25, 0.3) is 4.96 Å². The molecule has 0 bridgehead atoms. The lowest BCUT2D eigenvalue weighted by Gasteiger charge is -2.17. The van der Waals surface area contributed by atoms with Crippen molar-refractivity contribution in [1.82, 2.24) is 9.38 Å². The van der Waals surface area contributed by atoms with Crippen molar-refractivity contribution >= 4 is 39.7 Å². The van der Waals surface area contributed by atoms with Gasteiger partial charge in [0.2, 0.25) is 5.91 Å². The zero-order valence-corrected chi connectivity index (χ0v) is 17.2. The third-order valence-corrected chi connectivity index (χ3v) is 5.29. The zero-order valence-electron chi connectivity index (χ0n) is 15.5. The summed E-state index contributed by atoms with van der Waals surface area (Å²) >= 11 is 2.80. The second-order valence-corrected chi connectivity index (χ2v) is 8.67. The number of benzene rings is 1. The Morgan fingerprint density at radius 3 is 2.82 bits per heavy atom. The lowest BCUT2D eigenvalue weighted by atomic mass is 10.2. The van der Waals surface area contributed by atoms with Crippen LogP contribution < -0.4 is 15.6 Å². The fourth-order valence-electron chi connectivity index (χ4n) is 2.30. The van der Waals surface area contributed by atoms with Gasteiger partial charge in [-0.3, -0.25) is 14.0 Å². The Morgan fingerprint density at radius 1 is 1.36 bits per heavy atom. The van der Waals surface area contributed by atoms with Gasteiger partial charge in [0.15, 0.2) is 4.96 Å². The smallest absolute Gasteiger partial charge is 0.258 e. The molecular weight excluding hydrogens is 398 g/mol. The molecule has 0 aliphatic heterocycles. The van der Waals surface area contributed by atoms with Gasteiger partial charge in [-0.25, -0.2) is 4.98 Å². The number of anilines is 1. The van der Waals surface area contributed by atoms with E-state index in [9.17, 15) is 14.7 Å². The summed E-state index contributed by atoms with van der Waals surface area (Å²) in [4.78, 5) is 29.1. The monoisotopic (exact) mass is 419 g/mol. The minimum atomic E-state index is -0.904. The first-order valence-corrected chi connectivity index (χ1v) is 10.6. The molecule has 0 spiro atoms. The summed E-state index contributed by atoms with van der Waals surface area (Å²) in [5.74, 6) is 1.23. The molecule has 7 nitrogen and oxygen atoms in total.